The third kappa shape index (κ3) is 10.5. The summed E-state index contributed by atoms with van der Waals surface area (Å²) in [6.45, 7) is 6.47. The van der Waals surface area contributed by atoms with Gasteiger partial charge in [0.25, 0.3) is 0 Å². The van der Waals surface area contributed by atoms with E-state index in [2.05, 4.69) is 16.0 Å². The zero-order valence-corrected chi connectivity index (χ0v) is 18.4. The fourth-order valence-electron chi connectivity index (χ4n) is 2.36. The zero-order chi connectivity index (χ0) is 22.7. The molecule has 5 atom stereocenters. The molecule has 0 rings (SSSR count). The van der Waals surface area contributed by atoms with Gasteiger partial charge in [-0.1, -0.05) is 13.8 Å². The SMILES string of the molecule is CSCCC(NC(=O)C(N)C(C)O)C(=O)NC(C)C(=O)NC(CC(C)C)C(=O)O. The maximum atomic E-state index is 12.6. The molecule has 0 radical (unpaired) electrons. The molecule has 0 aliphatic heterocycles. The summed E-state index contributed by atoms with van der Waals surface area (Å²) in [6, 6.07) is -4.19. The molecule has 11 heteroatoms. The number of amides is 3. The minimum Gasteiger partial charge on any atom is -0.480 e. The molecule has 10 nitrogen and oxygen atoms in total. The van der Waals surface area contributed by atoms with Gasteiger partial charge < -0.3 is 31.9 Å². The molecule has 29 heavy (non-hydrogen) atoms. The number of carbonyl (C=O) groups excluding carboxylic acids is 3. The third-order valence-corrected chi connectivity index (χ3v) is 4.78. The fraction of sp³-hybridized carbons (Fsp3) is 0.778. The number of carbonyl (C=O) groups is 4. The number of carboxylic acids is 1. The Hall–Kier alpha value is -1.85. The van der Waals surface area contributed by atoms with Crippen LogP contribution in [0, 0.1) is 5.92 Å². The number of carboxylic acid groups (broad SMARTS) is 1. The second-order valence-electron chi connectivity index (χ2n) is 7.37. The minimum atomic E-state index is -1.19. The molecule has 0 aliphatic carbocycles. The Kier molecular flexibility index (Phi) is 12.5. The first-order valence-corrected chi connectivity index (χ1v) is 10.9. The van der Waals surface area contributed by atoms with Gasteiger partial charge in [0, 0.05) is 0 Å². The van der Waals surface area contributed by atoms with Crippen LogP contribution in [0.4, 0.5) is 0 Å². The van der Waals surface area contributed by atoms with Gasteiger partial charge in [-0.2, -0.15) is 11.8 Å². The van der Waals surface area contributed by atoms with Gasteiger partial charge >= 0.3 is 5.97 Å². The van der Waals surface area contributed by atoms with Gasteiger partial charge in [-0.15, -0.1) is 0 Å². The fourth-order valence-corrected chi connectivity index (χ4v) is 2.83. The molecule has 0 saturated carbocycles. The van der Waals surface area contributed by atoms with Crippen LogP contribution in [0.25, 0.3) is 0 Å². The number of aliphatic hydroxyl groups excluding tert-OH is 1. The highest BCUT2D eigenvalue weighted by molar-refractivity contribution is 7.98. The molecule has 3 amide bonds. The first-order valence-electron chi connectivity index (χ1n) is 9.47. The average molecular weight is 435 g/mol. The van der Waals surface area contributed by atoms with Crippen LogP contribution in [0.5, 0.6) is 0 Å². The molecule has 0 bridgehead atoms. The maximum absolute atomic E-state index is 12.6. The van der Waals surface area contributed by atoms with Crippen molar-refractivity contribution in [3.8, 4) is 0 Å². The second-order valence-corrected chi connectivity index (χ2v) is 8.35. The first-order chi connectivity index (χ1) is 13.4. The van der Waals surface area contributed by atoms with Crippen molar-refractivity contribution in [2.45, 2.75) is 70.8 Å². The Bertz CT molecular complexity index is 573. The molecule has 7 N–H and O–H groups in total. The molecule has 5 unspecified atom stereocenters. The van der Waals surface area contributed by atoms with Crippen LogP contribution in [0.1, 0.15) is 40.5 Å². The van der Waals surface area contributed by atoms with Crippen molar-refractivity contribution < 1.29 is 29.4 Å². The number of aliphatic hydroxyl groups is 1. The van der Waals surface area contributed by atoms with Crippen LogP contribution in [-0.2, 0) is 19.2 Å². The quantitative estimate of drug-likeness (QED) is 0.215. The summed E-state index contributed by atoms with van der Waals surface area (Å²) in [7, 11) is 0. The molecule has 0 aromatic carbocycles. The summed E-state index contributed by atoms with van der Waals surface area (Å²) in [5, 5.41) is 26.1. The lowest BCUT2D eigenvalue weighted by atomic mass is 10.0. The molecule has 0 spiro atoms. The third-order valence-electron chi connectivity index (χ3n) is 4.14. The van der Waals surface area contributed by atoms with Crippen LogP contribution >= 0.6 is 11.8 Å². The molecule has 0 aliphatic rings. The van der Waals surface area contributed by atoms with E-state index >= 15 is 0 Å². The second kappa shape index (κ2) is 13.4. The van der Waals surface area contributed by atoms with E-state index in [4.69, 9.17) is 5.73 Å². The highest BCUT2D eigenvalue weighted by atomic mass is 32.2. The largest absolute Gasteiger partial charge is 0.480 e. The van der Waals surface area contributed by atoms with Crippen LogP contribution in [0.2, 0.25) is 0 Å². The van der Waals surface area contributed by atoms with Crippen molar-refractivity contribution in [2.75, 3.05) is 12.0 Å². The Morgan fingerprint density at radius 1 is 0.931 bits per heavy atom. The summed E-state index contributed by atoms with van der Waals surface area (Å²) in [4.78, 5) is 48.2. The van der Waals surface area contributed by atoms with E-state index in [1.165, 1.54) is 25.6 Å². The van der Waals surface area contributed by atoms with Gasteiger partial charge in [0.2, 0.25) is 17.7 Å². The lowest BCUT2D eigenvalue weighted by Gasteiger charge is -2.24. The van der Waals surface area contributed by atoms with Crippen molar-refractivity contribution >= 4 is 35.5 Å². The number of rotatable bonds is 13. The molecular weight excluding hydrogens is 400 g/mol. The Labute approximate surface area is 175 Å². The van der Waals surface area contributed by atoms with Crippen molar-refractivity contribution in [1.82, 2.24) is 16.0 Å². The summed E-state index contributed by atoms with van der Waals surface area (Å²) in [5.41, 5.74) is 5.59. The lowest BCUT2D eigenvalue weighted by molar-refractivity contribution is -0.142. The highest BCUT2D eigenvalue weighted by Crippen LogP contribution is 2.06. The molecule has 0 aromatic rings. The number of nitrogens with one attached hydrogen (secondary N) is 3. The van der Waals surface area contributed by atoms with E-state index in [9.17, 15) is 29.4 Å². The van der Waals surface area contributed by atoms with Gasteiger partial charge in [-0.3, -0.25) is 14.4 Å². The van der Waals surface area contributed by atoms with E-state index in [0.29, 0.717) is 12.2 Å². The Morgan fingerprint density at radius 2 is 1.48 bits per heavy atom. The number of hydrogen-bond donors (Lipinski definition) is 6. The van der Waals surface area contributed by atoms with Crippen molar-refractivity contribution in [3.05, 3.63) is 0 Å². The van der Waals surface area contributed by atoms with E-state index in [0.717, 1.165) is 0 Å². The lowest BCUT2D eigenvalue weighted by Crippen LogP contribution is -2.57. The van der Waals surface area contributed by atoms with E-state index < -0.39 is 54.0 Å². The predicted octanol–water partition coefficient (Wildman–Crippen LogP) is -0.947. The monoisotopic (exact) mass is 434 g/mol. The minimum absolute atomic E-state index is 0.0607. The number of thioether (sulfide) groups is 1. The van der Waals surface area contributed by atoms with E-state index in [-0.39, 0.29) is 12.3 Å². The zero-order valence-electron chi connectivity index (χ0n) is 17.6. The topological polar surface area (TPSA) is 171 Å². The number of aliphatic carboxylic acids is 1. The molecular formula is C18H34N4O6S. The van der Waals surface area contributed by atoms with Crippen LogP contribution in [0.3, 0.4) is 0 Å². The number of hydrogen-bond acceptors (Lipinski definition) is 7. The molecule has 0 fully saturated rings. The van der Waals surface area contributed by atoms with Gasteiger partial charge in [0.05, 0.1) is 6.10 Å². The first kappa shape index (κ1) is 27.1. The summed E-state index contributed by atoms with van der Waals surface area (Å²) >= 11 is 1.48. The Morgan fingerprint density at radius 3 is 1.93 bits per heavy atom. The van der Waals surface area contributed by atoms with E-state index in [1.54, 1.807) is 0 Å². The smallest absolute Gasteiger partial charge is 0.326 e. The Balaban J connectivity index is 5.01. The van der Waals surface area contributed by atoms with Crippen molar-refractivity contribution in [1.29, 1.82) is 0 Å². The van der Waals surface area contributed by atoms with Crippen molar-refractivity contribution in [3.63, 3.8) is 0 Å². The highest BCUT2D eigenvalue weighted by Gasteiger charge is 2.29. The average Bonchev–Trinajstić information content (AvgIpc) is 2.62. The standard InChI is InChI=1S/C18H34N4O6S/c1-9(2)8-13(18(27)28)22-15(24)10(3)20-16(25)12(6-7-29-5)21-17(26)14(19)11(4)23/h9-14,23H,6-8,19H2,1-5H3,(H,20,25)(H,21,26)(H,22,24)(H,27,28). The van der Waals surface area contributed by atoms with Crippen LogP contribution < -0.4 is 21.7 Å². The van der Waals surface area contributed by atoms with Crippen LogP contribution in [0.15, 0.2) is 0 Å². The molecule has 168 valence electrons. The molecule has 0 heterocycles. The molecule has 0 aromatic heterocycles. The van der Waals surface area contributed by atoms with Gasteiger partial charge in [0.1, 0.15) is 24.2 Å². The van der Waals surface area contributed by atoms with Gasteiger partial charge in [0.15, 0.2) is 0 Å². The summed E-state index contributed by atoms with van der Waals surface area (Å²) in [5.74, 6) is -2.43. The van der Waals surface area contributed by atoms with Crippen molar-refractivity contribution in [2.24, 2.45) is 11.7 Å². The summed E-state index contributed by atoms with van der Waals surface area (Å²) < 4.78 is 0. The predicted molar refractivity (Wildman–Crippen MR) is 111 cm³/mol. The maximum Gasteiger partial charge on any atom is 0.326 e. The van der Waals surface area contributed by atoms with Crippen LogP contribution in [-0.4, -0.2) is 76.2 Å². The molecule has 0 saturated heterocycles. The van der Waals surface area contributed by atoms with Gasteiger partial charge in [-0.25, -0.2) is 4.79 Å². The van der Waals surface area contributed by atoms with E-state index in [1.807, 2.05) is 20.1 Å². The normalized spacial score (nSPS) is 16.3. The van der Waals surface area contributed by atoms with Gasteiger partial charge in [-0.05, 0) is 44.6 Å². The number of nitrogens with two attached hydrogens (primary N) is 1. The summed E-state index contributed by atoms with van der Waals surface area (Å²) in [6.07, 6.45) is 1.31.